The van der Waals surface area contributed by atoms with Gasteiger partial charge in [-0.25, -0.2) is 14.8 Å². The van der Waals surface area contributed by atoms with E-state index in [1.165, 1.54) is 12.1 Å². The number of hydrogen-bond acceptors (Lipinski definition) is 6. The van der Waals surface area contributed by atoms with Gasteiger partial charge >= 0.3 is 12.3 Å². The average Bonchev–Trinajstić information content (AvgIpc) is 3.63. The number of piperidine rings is 1. The molecule has 1 N–H and O–H groups in total. The zero-order valence-electron chi connectivity index (χ0n) is 21.3. The molecular weight excluding hydrogens is 525 g/mol. The summed E-state index contributed by atoms with van der Waals surface area (Å²) in [6, 6.07) is 18.5. The average molecular weight is 551 g/mol. The van der Waals surface area contributed by atoms with Crippen molar-refractivity contribution >= 4 is 6.09 Å². The molecule has 206 valence electrons. The van der Waals surface area contributed by atoms with Crippen LogP contribution < -0.4 is 9.47 Å². The van der Waals surface area contributed by atoms with E-state index >= 15 is 0 Å². The monoisotopic (exact) mass is 550 g/mol. The molecule has 1 fully saturated rings. The number of amides is 1. The Hall–Kier alpha value is -4.54. The molecule has 2 aromatic heterocycles. The van der Waals surface area contributed by atoms with Crippen LogP contribution in [-0.2, 0) is 17.5 Å². The predicted molar refractivity (Wildman–Crippen MR) is 139 cm³/mol. The van der Waals surface area contributed by atoms with Gasteiger partial charge in [0.2, 0.25) is 6.79 Å². The maximum absolute atomic E-state index is 13.4. The number of aromatic nitrogens is 3. The molecule has 2 aliphatic rings. The first kappa shape index (κ1) is 25.7. The van der Waals surface area contributed by atoms with Crippen LogP contribution >= 0.6 is 0 Å². The quantitative estimate of drug-likeness (QED) is 0.309. The topological polar surface area (TPSA) is 89.6 Å². The first-order chi connectivity index (χ1) is 19.3. The summed E-state index contributed by atoms with van der Waals surface area (Å²) in [7, 11) is 0. The summed E-state index contributed by atoms with van der Waals surface area (Å²) in [5.74, 6) is 1.71. The molecule has 1 saturated heterocycles. The van der Waals surface area contributed by atoms with Gasteiger partial charge in [-0.1, -0.05) is 36.4 Å². The van der Waals surface area contributed by atoms with E-state index in [9.17, 15) is 18.0 Å². The summed E-state index contributed by atoms with van der Waals surface area (Å²) in [6.45, 7) is 1.23. The molecule has 4 aromatic rings. The van der Waals surface area contributed by atoms with Crippen LogP contribution in [0, 0.1) is 0 Å². The Kier molecular flexibility index (Phi) is 6.79. The smallest absolute Gasteiger partial charge is 0.433 e. The highest BCUT2D eigenvalue weighted by molar-refractivity contribution is 5.78. The Bertz CT molecular complexity index is 1520. The molecule has 1 amide bonds. The third-order valence-corrected chi connectivity index (χ3v) is 7.01. The van der Waals surface area contributed by atoms with Crippen molar-refractivity contribution in [3.63, 3.8) is 0 Å². The van der Waals surface area contributed by atoms with Crippen molar-refractivity contribution in [2.45, 2.75) is 31.5 Å². The van der Waals surface area contributed by atoms with E-state index < -0.39 is 11.9 Å². The molecule has 0 unspecified atom stereocenters. The second-order valence-electron chi connectivity index (χ2n) is 9.62. The van der Waals surface area contributed by atoms with Crippen LogP contribution in [0.2, 0.25) is 0 Å². The number of hydrogen-bond donors (Lipinski definition) is 1. The number of nitrogens with one attached hydrogen (secondary N) is 1. The number of alkyl halides is 3. The molecule has 0 saturated carbocycles. The van der Waals surface area contributed by atoms with Gasteiger partial charge < -0.3 is 24.1 Å². The van der Waals surface area contributed by atoms with Crippen LogP contribution in [0.4, 0.5) is 18.0 Å². The number of ether oxygens (including phenoxy) is 3. The SMILES string of the molecule is O=C(OCc1ccccc1)N1CCC(c2nc(-c3ccc4c(c3)OCO4)c(-c3cccc(C(F)(F)F)n3)[nH]2)CC1. The molecule has 0 aliphatic carbocycles. The number of rotatable bonds is 5. The second kappa shape index (κ2) is 10.6. The number of aromatic amines is 1. The molecule has 0 bridgehead atoms. The Morgan fingerprint density at radius 3 is 2.52 bits per heavy atom. The van der Waals surface area contributed by atoms with Gasteiger partial charge in [0.15, 0.2) is 11.5 Å². The largest absolute Gasteiger partial charge is 0.454 e. The third-order valence-electron chi connectivity index (χ3n) is 7.01. The zero-order chi connectivity index (χ0) is 27.7. The van der Waals surface area contributed by atoms with Gasteiger partial charge in [-0.3, -0.25) is 0 Å². The number of H-pyrrole nitrogens is 1. The van der Waals surface area contributed by atoms with Gasteiger partial charge in [-0.15, -0.1) is 0 Å². The number of nitrogens with zero attached hydrogens (tertiary/aromatic N) is 3. The molecule has 0 atom stereocenters. The zero-order valence-corrected chi connectivity index (χ0v) is 21.3. The van der Waals surface area contributed by atoms with E-state index in [2.05, 4.69) is 9.97 Å². The number of carbonyl (C=O) groups is 1. The molecule has 0 radical (unpaired) electrons. The van der Waals surface area contributed by atoms with Crippen molar-refractivity contribution in [1.29, 1.82) is 0 Å². The van der Waals surface area contributed by atoms with Crippen LogP contribution in [0.15, 0.2) is 66.7 Å². The van der Waals surface area contributed by atoms with Crippen LogP contribution in [-0.4, -0.2) is 45.8 Å². The number of fused-ring (bicyclic) bond motifs is 1. The minimum absolute atomic E-state index is 0.0366. The predicted octanol–water partition coefficient (Wildman–Crippen LogP) is 6.40. The molecule has 40 heavy (non-hydrogen) atoms. The fourth-order valence-corrected chi connectivity index (χ4v) is 4.90. The van der Waals surface area contributed by atoms with E-state index in [0.29, 0.717) is 60.2 Å². The summed E-state index contributed by atoms with van der Waals surface area (Å²) >= 11 is 0. The molecule has 8 nitrogen and oxygen atoms in total. The van der Waals surface area contributed by atoms with Crippen molar-refractivity contribution < 1.29 is 32.2 Å². The van der Waals surface area contributed by atoms with Gasteiger partial charge in [-0.2, -0.15) is 13.2 Å². The molecular formula is C29H25F3N4O4. The number of carbonyl (C=O) groups excluding carboxylic acids is 1. The van der Waals surface area contributed by atoms with E-state index in [0.717, 1.165) is 11.6 Å². The van der Waals surface area contributed by atoms with Crippen molar-refractivity contribution in [2.75, 3.05) is 19.9 Å². The van der Waals surface area contributed by atoms with Crippen molar-refractivity contribution in [1.82, 2.24) is 19.9 Å². The normalized spacial score (nSPS) is 15.3. The number of benzene rings is 2. The Morgan fingerprint density at radius 2 is 1.75 bits per heavy atom. The highest BCUT2D eigenvalue weighted by atomic mass is 19.4. The van der Waals surface area contributed by atoms with E-state index in [-0.39, 0.29) is 31.1 Å². The highest BCUT2D eigenvalue weighted by Crippen LogP contribution is 2.40. The molecule has 11 heteroatoms. The standard InChI is InChI=1S/C29H25F3N4O4/c30-29(31,32)24-8-4-7-21(33-24)26-25(20-9-10-22-23(15-20)40-17-39-22)34-27(35-26)19-11-13-36(14-12-19)28(37)38-16-18-5-2-1-3-6-18/h1-10,15,19H,11-14,16-17H2,(H,34,35). The van der Waals surface area contributed by atoms with Crippen molar-refractivity contribution in [2.24, 2.45) is 0 Å². The summed E-state index contributed by atoms with van der Waals surface area (Å²) in [4.78, 5) is 26.3. The third kappa shape index (κ3) is 5.31. The van der Waals surface area contributed by atoms with E-state index in [4.69, 9.17) is 19.2 Å². The first-order valence-electron chi connectivity index (χ1n) is 12.9. The van der Waals surface area contributed by atoms with Gasteiger partial charge in [0.25, 0.3) is 0 Å². The van der Waals surface area contributed by atoms with Gasteiger partial charge in [0.1, 0.15) is 18.1 Å². The summed E-state index contributed by atoms with van der Waals surface area (Å²) in [5, 5.41) is 0. The minimum Gasteiger partial charge on any atom is -0.454 e. The lowest BCUT2D eigenvalue weighted by atomic mass is 9.96. The Balaban J connectivity index is 1.24. The maximum atomic E-state index is 13.4. The lowest BCUT2D eigenvalue weighted by Gasteiger charge is -2.30. The van der Waals surface area contributed by atoms with Gasteiger partial charge in [-0.05, 0) is 48.7 Å². The lowest BCUT2D eigenvalue weighted by molar-refractivity contribution is -0.141. The first-order valence-corrected chi connectivity index (χ1v) is 12.9. The Labute approximate surface area is 227 Å². The summed E-state index contributed by atoms with van der Waals surface area (Å²) < 4.78 is 56.7. The maximum Gasteiger partial charge on any atom is 0.433 e. The summed E-state index contributed by atoms with van der Waals surface area (Å²) in [5.41, 5.74) is 1.55. The van der Waals surface area contributed by atoms with Crippen LogP contribution in [0.1, 0.15) is 35.8 Å². The number of likely N-dealkylation sites (tertiary alicyclic amines) is 1. The van der Waals surface area contributed by atoms with E-state index in [1.807, 2.05) is 30.3 Å². The summed E-state index contributed by atoms with van der Waals surface area (Å²) in [6.07, 6.45) is -3.73. The van der Waals surface area contributed by atoms with Crippen LogP contribution in [0.5, 0.6) is 11.5 Å². The molecule has 2 aromatic carbocycles. The molecule has 6 rings (SSSR count). The number of pyridine rings is 1. The van der Waals surface area contributed by atoms with Crippen LogP contribution in [0.3, 0.4) is 0 Å². The minimum atomic E-state index is -4.58. The Morgan fingerprint density at radius 1 is 0.975 bits per heavy atom. The molecule has 2 aliphatic heterocycles. The second-order valence-corrected chi connectivity index (χ2v) is 9.62. The lowest BCUT2D eigenvalue weighted by Crippen LogP contribution is -2.38. The van der Waals surface area contributed by atoms with E-state index in [1.54, 1.807) is 23.1 Å². The number of halogens is 3. The molecule has 4 heterocycles. The van der Waals surface area contributed by atoms with Crippen LogP contribution in [0.25, 0.3) is 22.6 Å². The fraction of sp³-hybridized carbons (Fsp3) is 0.276. The van der Waals surface area contributed by atoms with Crippen molar-refractivity contribution in [3.8, 4) is 34.1 Å². The van der Waals surface area contributed by atoms with Gasteiger partial charge in [0.05, 0.1) is 17.1 Å². The van der Waals surface area contributed by atoms with Gasteiger partial charge in [0, 0.05) is 24.6 Å². The number of imidazole rings is 1. The van der Waals surface area contributed by atoms with Crippen molar-refractivity contribution in [3.05, 3.63) is 83.8 Å². The highest BCUT2D eigenvalue weighted by Gasteiger charge is 2.33. The fourth-order valence-electron chi connectivity index (χ4n) is 4.90. The molecule has 0 spiro atoms.